The Morgan fingerprint density at radius 2 is 1.53 bits per heavy atom. The molecule has 0 aliphatic carbocycles. The number of halogens is 7. The van der Waals surface area contributed by atoms with Crippen molar-refractivity contribution in [2.24, 2.45) is 5.92 Å². The minimum absolute atomic E-state index is 0.0287. The van der Waals surface area contributed by atoms with Crippen LogP contribution in [0.15, 0.2) is 67.1 Å². The Bertz CT molecular complexity index is 2050. The van der Waals surface area contributed by atoms with Gasteiger partial charge in [0.05, 0.1) is 18.1 Å². The average Bonchev–Trinajstić information content (AvgIpc) is 3.13. The molecular formula is C36H33ClF6N8O4. The fraction of sp³-hybridized carbons (Fsp3) is 0.306. The van der Waals surface area contributed by atoms with Crippen molar-refractivity contribution in [3.05, 3.63) is 88.8 Å². The minimum atomic E-state index is -5.77. The highest BCUT2D eigenvalue weighted by atomic mass is 35.5. The third kappa shape index (κ3) is 11.1. The van der Waals surface area contributed by atoms with Crippen LogP contribution in [0, 0.1) is 12.8 Å². The molecule has 0 atom stereocenters. The van der Waals surface area contributed by atoms with E-state index in [1.807, 2.05) is 66.6 Å². The molecule has 0 saturated carbocycles. The molecule has 290 valence electrons. The highest BCUT2D eigenvalue weighted by molar-refractivity contribution is 6.41. The number of fused-ring (bicyclic) bond motifs is 6. The molecule has 0 spiro atoms. The Kier molecular flexibility index (Phi) is 12.6. The molecule has 12 nitrogen and oxygen atoms in total. The largest absolute Gasteiger partial charge is 0.458 e. The second kappa shape index (κ2) is 17.1. The number of Topliss-reactive ketones (excluding diaryl/α,β-unsaturated/α-hetero) is 2. The van der Waals surface area contributed by atoms with Crippen molar-refractivity contribution >= 4 is 69.6 Å². The number of rotatable bonds is 5. The van der Waals surface area contributed by atoms with Crippen LogP contribution in [0.5, 0.6) is 0 Å². The number of ketones is 2. The predicted molar refractivity (Wildman–Crippen MR) is 192 cm³/mol. The van der Waals surface area contributed by atoms with Crippen LogP contribution in [0.1, 0.15) is 36.0 Å². The molecule has 6 rings (SSSR count). The van der Waals surface area contributed by atoms with Crippen molar-refractivity contribution < 1.29 is 45.5 Å². The van der Waals surface area contributed by atoms with Crippen molar-refractivity contribution in [3.63, 3.8) is 0 Å². The molecule has 2 aromatic heterocycles. The van der Waals surface area contributed by atoms with Gasteiger partial charge in [-0.25, -0.2) is 9.78 Å². The van der Waals surface area contributed by atoms with Crippen molar-refractivity contribution in [2.75, 3.05) is 34.4 Å². The van der Waals surface area contributed by atoms with Crippen LogP contribution in [0.2, 0.25) is 5.02 Å². The number of likely N-dealkylation sites (tertiary alicyclic amines) is 1. The number of aryl methyl sites for hydroxylation is 3. The van der Waals surface area contributed by atoms with Crippen LogP contribution in [0.4, 0.5) is 65.7 Å². The fourth-order valence-corrected chi connectivity index (χ4v) is 5.86. The van der Waals surface area contributed by atoms with E-state index >= 15 is 0 Å². The molecule has 4 aromatic rings. The number of carbonyl (C=O) groups excluding carboxylic acids is 4. The minimum Gasteiger partial charge on any atom is -0.339 e. The maximum atomic E-state index is 13.2. The van der Waals surface area contributed by atoms with Gasteiger partial charge < -0.3 is 26.2 Å². The lowest BCUT2D eigenvalue weighted by Gasteiger charge is -2.32. The fourth-order valence-electron chi connectivity index (χ4n) is 5.72. The highest BCUT2D eigenvalue weighted by Crippen LogP contribution is 2.30. The van der Waals surface area contributed by atoms with Gasteiger partial charge in [-0.1, -0.05) is 29.8 Å². The summed E-state index contributed by atoms with van der Waals surface area (Å²) in [5.41, 5.74) is 6.25. The summed E-state index contributed by atoms with van der Waals surface area (Å²) in [6.45, 7) is 3.22. The summed E-state index contributed by atoms with van der Waals surface area (Å²) in [7, 11) is 0. The van der Waals surface area contributed by atoms with Crippen molar-refractivity contribution in [1.29, 1.82) is 0 Å². The molecule has 4 N–H and O–H groups in total. The van der Waals surface area contributed by atoms with Gasteiger partial charge in [-0.05, 0) is 85.5 Å². The lowest BCUT2D eigenvalue weighted by molar-refractivity contribution is -0.193. The van der Waals surface area contributed by atoms with Crippen LogP contribution in [-0.2, 0) is 27.2 Å². The second-order valence-electron chi connectivity index (χ2n) is 12.7. The van der Waals surface area contributed by atoms with Crippen molar-refractivity contribution in [2.45, 2.75) is 51.4 Å². The molecule has 3 amide bonds. The van der Waals surface area contributed by atoms with E-state index in [0.717, 1.165) is 58.7 Å². The van der Waals surface area contributed by atoms with E-state index in [-0.39, 0.29) is 17.9 Å². The first kappa shape index (κ1) is 40.4. The molecule has 55 heavy (non-hydrogen) atoms. The average molecular weight is 791 g/mol. The van der Waals surface area contributed by atoms with E-state index in [9.17, 15) is 45.5 Å². The zero-order valence-electron chi connectivity index (χ0n) is 28.9. The highest BCUT2D eigenvalue weighted by Gasteiger charge is 2.54. The monoisotopic (exact) mass is 790 g/mol. The number of carbonyl (C=O) groups is 4. The number of pyridine rings is 1. The predicted octanol–water partition coefficient (Wildman–Crippen LogP) is 7.94. The number of anilines is 6. The van der Waals surface area contributed by atoms with Crippen LogP contribution < -0.4 is 21.3 Å². The molecule has 2 aromatic carbocycles. The first-order valence-corrected chi connectivity index (χ1v) is 17.1. The molecular weight excluding hydrogens is 758 g/mol. The Balaban J connectivity index is 0.000000418. The number of aromatic nitrogens is 3. The first-order valence-electron chi connectivity index (χ1n) is 16.7. The number of hydrogen-bond acceptors (Lipinski definition) is 9. The number of para-hydroxylation sites is 1. The number of piperidine rings is 1. The van der Waals surface area contributed by atoms with E-state index in [4.69, 9.17) is 11.6 Å². The van der Waals surface area contributed by atoms with E-state index in [1.165, 1.54) is 0 Å². The summed E-state index contributed by atoms with van der Waals surface area (Å²) in [4.78, 5) is 60.2. The zero-order chi connectivity index (χ0) is 39.9. The summed E-state index contributed by atoms with van der Waals surface area (Å²) in [6, 6.07) is 15.5. The maximum Gasteiger partial charge on any atom is 0.458 e. The summed E-state index contributed by atoms with van der Waals surface area (Å²) in [6.07, 6.45) is -3.03. The lowest BCUT2D eigenvalue weighted by Crippen LogP contribution is -2.41. The summed E-state index contributed by atoms with van der Waals surface area (Å²) >= 11 is 6.38. The molecule has 4 heterocycles. The SMILES string of the molecule is Cc1ccccc1NC(=O)N1CCC(CC(=O)Nc2ccc3cc2CCc2cncc(c2)Nc2ncc(Cl)c(n2)N3)CC1.O=C(C(=O)C(F)(F)F)C(F)(F)F. The summed E-state index contributed by atoms with van der Waals surface area (Å²) in [5.74, 6) is -5.75. The van der Waals surface area contributed by atoms with Gasteiger partial charge in [0.2, 0.25) is 11.9 Å². The second-order valence-corrected chi connectivity index (χ2v) is 13.1. The number of hydrogen-bond donors (Lipinski definition) is 4. The molecule has 2 aliphatic rings. The van der Waals surface area contributed by atoms with E-state index in [1.54, 1.807) is 12.4 Å². The quantitative estimate of drug-likeness (QED) is 0.116. The van der Waals surface area contributed by atoms with Crippen LogP contribution >= 0.6 is 11.6 Å². The van der Waals surface area contributed by atoms with Gasteiger partial charge in [0.1, 0.15) is 5.02 Å². The van der Waals surface area contributed by atoms with Crippen LogP contribution in [0.3, 0.4) is 0 Å². The smallest absolute Gasteiger partial charge is 0.339 e. The number of alkyl halides is 6. The van der Waals surface area contributed by atoms with Gasteiger partial charge in [0.15, 0.2) is 5.82 Å². The van der Waals surface area contributed by atoms with Gasteiger partial charge in [-0.3, -0.25) is 19.4 Å². The number of benzene rings is 2. The Labute approximate surface area is 315 Å². The normalized spacial score (nSPS) is 14.3. The standard InChI is InChI=1S/C32H33ClN8O2.C4F6O2/c1-20-4-2-3-5-27(20)39-32(43)41-12-10-21(11-13-41)15-29(42)38-28-9-8-24-16-23(28)7-6-22-14-25(18-34-17-22)37-31-35-19-26(33)30(36-24)40-31;5-3(6,7)1(11)2(12)4(8,9)10/h2-5,8-9,14,16-19,21H,6-7,10-13,15H2,1H3,(H,38,42)(H,39,43)(H2,35,36,37,40);. The van der Waals surface area contributed by atoms with E-state index in [0.29, 0.717) is 42.7 Å². The first-order chi connectivity index (χ1) is 26.0. The van der Waals surface area contributed by atoms with Crippen LogP contribution in [-0.4, -0.2) is 68.8 Å². The molecule has 1 fully saturated rings. The topological polar surface area (TPSA) is 158 Å². The van der Waals surface area contributed by atoms with Gasteiger partial charge >= 0.3 is 30.0 Å². The Morgan fingerprint density at radius 3 is 2.20 bits per heavy atom. The molecule has 0 unspecified atom stereocenters. The van der Waals surface area contributed by atoms with Crippen molar-refractivity contribution in [3.8, 4) is 0 Å². The van der Waals surface area contributed by atoms with E-state index < -0.39 is 23.9 Å². The van der Waals surface area contributed by atoms with Gasteiger partial charge in [-0.15, -0.1) is 0 Å². The molecule has 1 saturated heterocycles. The summed E-state index contributed by atoms with van der Waals surface area (Å²) in [5, 5.41) is 13.0. The molecule has 2 aliphatic heterocycles. The zero-order valence-corrected chi connectivity index (χ0v) is 29.7. The van der Waals surface area contributed by atoms with Crippen LogP contribution in [0.25, 0.3) is 0 Å². The molecule has 19 heteroatoms. The van der Waals surface area contributed by atoms with Gasteiger partial charge in [0, 0.05) is 42.8 Å². The summed E-state index contributed by atoms with van der Waals surface area (Å²) < 4.78 is 67.0. The third-order valence-electron chi connectivity index (χ3n) is 8.60. The molecule has 6 bridgehead atoms. The van der Waals surface area contributed by atoms with Crippen molar-refractivity contribution in [1.82, 2.24) is 19.9 Å². The Morgan fingerprint density at radius 1 is 0.836 bits per heavy atom. The number of nitrogens with zero attached hydrogens (tertiary/aromatic N) is 4. The lowest BCUT2D eigenvalue weighted by atomic mass is 9.93. The number of amides is 3. The Hall–Kier alpha value is -5.78. The van der Waals surface area contributed by atoms with E-state index in [2.05, 4.69) is 36.2 Å². The number of urea groups is 1. The molecule has 0 radical (unpaired) electrons. The maximum absolute atomic E-state index is 13.2. The third-order valence-corrected chi connectivity index (χ3v) is 8.88. The number of nitrogens with one attached hydrogen (secondary N) is 4. The van der Waals surface area contributed by atoms with Gasteiger partial charge in [-0.2, -0.15) is 31.3 Å². The van der Waals surface area contributed by atoms with Gasteiger partial charge in [0.25, 0.3) is 0 Å².